The molecule has 128 valence electrons. The molecule has 25 heavy (non-hydrogen) atoms. The lowest BCUT2D eigenvalue weighted by molar-refractivity contribution is -0.126. The van der Waals surface area contributed by atoms with Gasteiger partial charge in [0.25, 0.3) is 0 Å². The summed E-state index contributed by atoms with van der Waals surface area (Å²) in [7, 11) is 0. The van der Waals surface area contributed by atoms with Gasteiger partial charge < -0.3 is 4.90 Å². The largest absolute Gasteiger partial charge is 0.312 e. The number of amides is 2. The molecule has 0 saturated carbocycles. The summed E-state index contributed by atoms with van der Waals surface area (Å²) >= 11 is 5.88. The Morgan fingerprint density at radius 2 is 2.00 bits per heavy atom. The Kier molecular flexibility index (Phi) is 5.09. The smallest absolute Gasteiger partial charge is 0.245 e. The molecule has 5 nitrogen and oxygen atoms in total. The molecule has 2 aromatic carbocycles. The van der Waals surface area contributed by atoms with Crippen molar-refractivity contribution < 1.29 is 14.0 Å². The van der Waals surface area contributed by atoms with E-state index in [4.69, 9.17) is 11.6 Å². The number of nitrogens with zero attached hydrogens (tertiary/aromatic N) is 2. The highest BCUT2D eigenvalue weighted by molar-refractivity contribution is 6.33. The van der Waals surface area contributed by atoms with Gasteiger partial charge in [0, 0.05) is 24.2 Å². The predicted molar refractivity (Wildman–Crippen MR) is 94.0 cm³/mol. The molecule has 0 spiro atoms. The topological polar surface area (TPSA) is 61.8 Å². The monoisotopic (exact) mass is 359 g/mol. The Morgan fingerprint density at radius 3 is 2.72 bits per heavy atom. The van der Waals surface area contributed by atoms with Crippen LogP contribution in [0.15, 0.2) is 53.6 Å². The molecule has 1 saturated heterocycles. The van der Waals surface area contributed by atoms with Gasteiger partial charge in [0.2, 0.25) is 11.8 Å². The normalized spacial score (nSPS) is 17.3. The summed E-state index contributed by atoms with van der Waals surface area (Å²) in [6.07, 6.45) is 1.26. The van der Waals surface area contributed by atoms with Gasteiger partial charge in [0.1, 0.15) is 5.82 Å². The van der Waals surface area contributed by atoms with E-state index in [0.29, 0.717) is 0 Å². The van der Waals surface area contributed by atoms with E-state index in [1.807, 2.05) is 30.3 Å². The lowest BCUT2D eigenvalue weighted by Gasteiger charge is -2.16. The number of carbonyl (C=O) groups is 2. The molecule has 1 fully saturated rings. The SMILES string of the molecule is O=C(N/N=C\c1c(F)cccc1Cl)C1CC(=O)N(c2ccccc2)C1. The molecule has 0 radical (unpaired) electrons. The van der Waals surface area contributed by atoms with E-state index in [1.54, 1.807) is 4.90 Å². The molecule has 1 N–H and O–H groups in total. The van der Waals surface area contributed by atoms with E-state index >= 15 is 0 Å². The Balaban J connectivity index is 1.63. The minimum absolute atomic E-state index is 0.0953. The van der Waals surface area contributed by atoms with Crippen LogP contribution in [0.4, 0.5) is 10.1 Å². The average molecular weight is 360 g/mol. The molecular weight excluding hydrogens is 345 g/mol. The van der Waals surface area contributed by atoms with Gasteiger partial charge in [-0.15, -0.1) is 0 Å². The first-order valence-corrected chi connectivity index (χ1v) is 8.06. The molecule has 3 rings (SSSR count). The summed E-state index contributed by atoms with van der Waals surface area (Å²) in [5.41, 5.74) is 3.20. The highest BCUT2D eigenvalue weighted by Crippen LogP contribution is 2.24. The van der Waals surface area contributed by atoms with Crippen molar-refractivity contribution in [2.24, 2.45) is 11.0 Å². The molecule has 0 aliphatic carbocycles. The Morgan fingerprint density at radius 1 is 1.24 bits per heavy atom. The minimum atomic E-state index is -0.531. The van der Waals surface area contributed by atoms with Gasteiger partial charge in [-0.05, 0) is 24.3 Å². The fourth-order valence-electron chi connectivity index (χ4n) is 2.63. The van der Waals surface area contributed by atoms with Gasteiger partial charge in [-0.1, -0.05) is 35.9 Å². The third-order valence-electron chi connectivity index (χ3n) is 3.93. The third-order valence-corrected chi connectivity index (χ3v) is 4.26. The zero-order valence-corrected chi connectivity index (χ0v) is 13.9. The van der Waals surface area contributed by atoms with Crippen LogP contribution in [0, 0.1) is 11.7 Å². The number of para-hydroxylation sites is 1. The summed E-state index contributed by atoms with van der Waals surface area (Å²) in [6.45, 7) is 0.282. The number of hydrogen-bond donors (Lipinski definition) is 1. The van der Waals surface area contributed by atoms with Crippen LogP contribution in [0.25, 0.3) is 0 Å². The molecule has 2 amide bonds. The molecule has 1 aliphatic rings. The van der Waals surface area contributed by atoms with Crippen LogP contribution in [0.1, 0.15) is 12.0 Å². The maximum Gasteiger partial charge on any atom is 0.245 e. The maximum atomic E-state index is 13.6. The maximum absolute atomic E-state index is 13.6. The van der Waals surface area contributed by atoms with Crippen LogP contribution in [0.5, 0.6) is 0 Å². The molecule has 1 unspecified atom stereocenters. The van der Waals surface area contributed by atoms with Gasteiger partial charge in [-0.3, -0.25) is 9.59 Å². The molecule has 0 aromatic heterocycles. The number of nitrogens with one attached hydrogen (secondary N) is 1. The summed E-state index contributed by atoms with van der Waals surface area (Å²) in [4.78, 5) is 25.9. The van der Waals surface area contributed by atoms with Crippen molar-refractivity contribution in [3.05, 3.63) is 64.9 Å². The summed E-state index contributed by atoms with van der Waals surface area (Å²) in [5, 5.41) is 3.95. The first-order chi connectivity index (χ1) is 12.1. The van der Waals surface area contributed by atoms with Crippen molar-refractivity contribution in [1.29, 1.82) is 0 Å². The van der Waals surface area contributed by atoms with E-state index < -0.39 is 17.6 Å². The van der Waals surface area contributed by atoms with Gasteiger partial charge in [-0.25, -0.2) is 9.82 Å². The number of hydrogen-bond acceptors (Lipinski definition) is 3. The van der Waals surface area contributed by atoms with Gasteiger partial charge in [0.05, 0.1) is 17.2 Å². The van der Waals surface area contributed by atoms with Crippen molar-refractivity contribution in [1.82, 2.24) is 5.43 Å². The number of carbonyl (C=O) groups excluding carboxylic acids is 2. The van der Waals surface area contributed by atoms with Crippen LogP contribution >= 0.6 is 11.6 Å². The lowest BCUT2D eigenvalue weighted by atomic mass is 10.1. The minimum Gasteiger partial charge on any atom is -0.312 e. The van der Waals surface area contributed by atoms with Crippen LogP contribution in [-0.4, -0.2) is 24.6 Å². The van der Waals surface area contributed by atoms with Crippen molar-refractivity contribution >= 4 is 35.3 Å². The van der Waals surface area contributed by atoms with Gasteiger partial charge in [0.15, 0.2) is 0 Å². The lowest BCUT2D eigenvalue weighted by Crippen LogP contribution is -2.30. The van der Waals surface area contributed by atoms with Crippen molar-refractivity contribution in [3.63, 3.8) is 0 Å². The van der Waals surface area contributed by atoms with E-state index in [-0.39, 0.29) is 29.5 Å². The zero-order chi connectivity index (χ0) is 17.8. The molecule has 0 bridgehead atoms. The number of rotatable bonds is 4. The Labute approximate surface area is 149 Å². The Bertz CT molecular complexity index is 806. The summed E-state index contributed by atoms with van der Waals surface area (Å²) < 4.78 is 13.6. The van der Waals surface area contributed by atoms with Gasteiger partial charge in [-0.2, -0.15) is 5.10 Å². The molecule has 1 aliphatic heterocycles. The van der Waals surface area contributed by atoms with E-state index in [9.17, 15) is 14.0 Å². The number of benzene rings is 2. The average Bonchev–Trinajstić information content (AvgIpc) is 3.00. The van der Waals surface area contributed by atoms with Gasteiger partial charge >= 0.3 is 0 Å². The highest BCUT2D eigenvalue weighted by Gasteiger charge is 2.35. The Hall–Kier alpha value is -2.73. The quantitative estimate of drug-likeness (QED) is 0.674. The predicted octanol–water partition coefficient (Wildman–Crippen LogP) is 2.98. The molecular formula is C18H15ClFN3O2. The second kappa shape index (κ2) is 7.44. The fraction of sp³-hybridized carbons (Fsp3) is 0.167. The van der Waals surface area contributed by atoms with E-state index in [0.717, 1.165) is 11.9 Å². The van der Waals surface area contributed by atoms with Crippen molar-refractivity contribution in [3.8, 4) is 0 Å². The first kappa shape index (κ1) is 17.1. The summed E-state index contributed by atoms with van der Waals surface area (Å²) in [5.74, 6) is -1.55. The van der Waals surface area contributed by atoms with Crippen LogP contribution in [0.3, 0.4) is 0 Å². The fourth-order valence-corrected chi connectivity index (χ4v) is 2.84. The van der Waals surface area contributed by atoms with Crippen molar-refractivity contribution in [2.45, 2.75) is 6.42 Å². The van der Waals surface area contributed by atoms with Crippen LogP contribution in [0.2, 0.25) is 5.02 Å². The third kappa shape index (κ3) is 3.85. The molecule has 1 heterocycles. The van der Waals surface area contributed by atoms with Crippen molar-refractivity contribution in [2.75, 3.05) is 11.4 Å². The van der Waals surface area contributed by atoms with Crippen LogP contribution < -0.4 is 10.3 Å². The second-order valence-electron chi connectivity index (χ2n) is 5.61. The van der Waals surface area contributed by atoms with Crippen LogP contribution in [-0.2, 0) is 9.59 Å². The number of hydrazone groups is 1. The molecule has 7 heteroatoms. The van der Waals surface area contributed by atoms with E-state index in [1.165, 1.54) is 18.2 Å². The first-order valence-electron chi connectivity index (χ1n) is 7.68. The zero-order valence-electron chi connectivity index (χ0n) is 13.2. The molecule has 1 atom stereocenters. The molecule has 2 aromatic rings. The number of halogens is 2. The summed E-state index contributed by atoms with van der Waals surface area (Å²) in [6, 6.07) is 13.4. The second-order valence-corrected chi connectivity index (χ2v) is 6.02. The van der Waals surface area contributed by atoms with E-state index in [2.05, 4.69) is 10.5 Å². The standard InChI is InChI=1S/C18H15ClFN3O2/c19-15-7-4-8-16(20)14(15)10-21-22-18(25)12-9-17(24)23(11-12)13-5-2-1-3-6-13/h1-8,10,12H,9,11H2,(H,22,25)/b21-10-. The number of anilines is 1. The highest BCUT2D eigenvalue weighted by atomic mass is 35.5.